The molecule has 1 heterocycles. The third kappa shape index (κ3) is 3.68. The molecule has 0 radical (unpaired) electrons. The normalized spacial score (nSPS) is 18.6. The first-order valence-electron chi connectivity index (χ1n) is 6.02. The van der Waals surface area contributed by atoms with Crippen LogP contribution in [0.2, 0.25) is 0 Å². The lowest BCUT2D eigenvalue weighted by Crippen LogP contribution is -2.45. The number of likely N-dealkylation sites (tertiary alicyclic amines) is 1. The second-order valence-electron chi connectivity index (χ2n) is 4.60. The van der Waals surface area contributed by atoms with Gasteiger partial charge in [-0.2, -0.15) is 0 Å². The fourth-order valence-electron chi connectivity index (χ4n) is 2.18. The van der Waals surface area contributed by atoms with E-state index >= 15 is 0 Å². The first-order chi connectivity index (χ1) is 8.58. The Morgan fingerprint density at radius 3 is 2.58 bits per heavy atom. The number of benzene rings is 1. The molecule has 1 aromatic rings. The number of halogens is 1. The highest BCUT2D eigenvalue weighted by Crippen LogP contribution is 2.13. The highest BCUT2D eigenvalue weighted by atomic mass is 35.5. The van der Waals surface area contributed by atoms with E-state index in [1.807, 2.05) is 0 Å². The maximum Gasteiger partial charge on any atom is 0.253 e. The molecule has 19 heavy (non-hydrogen) atoms. The molecule has 1 aliphatic rings. The van der Waals surface area contributed by atoms with Crippen LogP contribution in [0.4, 0.5) is 0 Å². The second kappa shape index (κ2) is 6.54. The molecular formula is C13H18ClN3O2. The number of piperidine rings is 1. The zero-order chi connectivity index (χ0) is 13.1. The van der Waals surface area contributed by atoms with Gasteiger partial charge in [0.2, 0.25) is 5.91 Å². The molecule has 4 N–H and O–H groups in total. The van der Waals surface area contributed by atoms with Crippen molar-refractivity contribution < 1.29 is 9.59 Å². The maximum absolute atomic E-state index is 12.2. The molecule has 6 heteroatoms. The summed E-state index contributed by atoms with van der Waals surface area (Å²) < 4.78 is 0. The number of nitrogens with zero attached hydrogens (tertiary/aromatic N) is 1. The van der Waals surface area contributed by atoms with Crippen molar-refractivity contribution in [3.05, 3.63) is 35.4 Å². The SMILES string of the molecule is Cl.NC(=O)c1cccc(C(=O)N2CCC[C@@H](N)C2)c1. The van der Waals surface area contributed by atoms with Crippen LogP contribution >= 0.6 is 12.4 Å². The Bertz CT molecular complexity index is 479. The van der Waals surface area contributed by atoms with Gasteiger partial charge < -0.3 is 16.4 Å². The van der Waals surface area contributed by atoms with Crippen molar-refractivity contribution in [3.8, 4) is 0 Å². The largest absolute Gasteiger partial charge is 0.366 e. The quantitative estimate of drug-likeness (QED) is 0.840. The molecule has 0 unspecified atom stereocenters. The van der Waals surface area contributed by atoms with E-state index in [2.05, 4.69) is 0 Å². The second-order valence-corrected chi connectivity index (χ2v) is 4.60. The van der Waals surface area contributed by atoms with Crippen LogP contribution in [0.5, 0.6) is 0 Å². The summed E-state index contributed by atoms with van der Waals surface area (Å²) in [6.45, 7) is 1.28. The van der Waals surface area contributed by atoms with E-state index in [0.717, 1.165) is 12.8 Å². The molecule has 1 aliphatic heterocycles. The minimum absolute atomic E-state index is 0. The van der Waals surface area contributed by atoms with Gasteiger partial charge in [-0.25, -0.2) is 0 Å². The van der Waals surface area contributed by atoms with Gasteiger partial charge in [-0.1, -0.05) is 6.07 Å². The van der Waals surface area contributed by atoms with Crippen LogP contribution in [0.3, 0.4) is 0 Å². The topological polar surface area (TPSA) is 89.4 Å². The molecule has 5 nitrogen and oxygen atoms in total. The summed E-state index contributed by atoms with van der Waals surface area (Å²) in [6, 6.07) is 6.53. The van der Waals surface area contributed by atoms with Gasteiger partial charge in [0.1, 0.15) is 0 Å². The molecule has 104 valence electrons. The Labute approximate surface area is 118 Å². The first kappa shape index (κ1) is 15.5. The number of hydrogen-bond acceptors (Lipinski definition) is 3. The van der Waals surface area contributed by atoms with E-state index in [9.17, 15) is 9.59 Å². The predicted molar refractivity (Wildman–Crippen MR) is 75.3 cm³/mol. The van der Waals surface area contributed by atoms with Crippen molar-refractivity contribution >= 4 is 24.2 Å². The lowest BCUT2D eigenvalue weighted by atomic mass is 10.0. The Kier molecular flexibility index (Phi) is 5.32. The molecule has 0 saturated carbocycles. The van der Waals surface area contributed by atoms with Gasteiger partial charge in [0.25, 0.3) is 5.91 Å². The van der Waals surface area contributed by atoms with Crippen LogP contribution in [-0.4, -0.2) is 35.8 Å². The molecule has 2 rings (SSSR count). The fraction of sp³-hybridized carbons (Fsp3) is 0.385. The third-order valence-corrected chi connectivity index (χ3v) is 3.14. The van der Waals surface area contributed by atoms with Crippen molar-refractivity contribution in [2.24, 2.45) is 11.5 Å². The van der Waals surface area contributed by atoms with Crippen LogP contribution < -0.4 is 11.5 Å². The van der Waals surface area contributed by atoms with Gasteiger partial charge in [0.15, 0.2) is 0 Å². The Hall–Kier alpha value is -1.59. The lowest BCUT2D eigenvalue weighted by Gasteiger charge is -2.30. The summed E-state index contributed by atoms with van der Waals surface area (Å²) in [7, 11) is 0. The molecule has 1 aromatic carbocycles. The Balaban J connectivity index is 0.00000180. The zero-order valence-electron chi connectivity index (χ0n) is 10.5. The third-order valence-electron chi connectivity index (χ3n) is 3.14. The van der Waals surface area contributed by atoms with Crippen LogP contribution in [0, 0.1) is 0 Å². The molecule has 0 bridgehead atoms. The van der Waals surface area contributed by atoms with Crippen molar-refractivity contribution in [3.63, 3.8) is 0 Å². The van der Waals surface area contributed by atoms with Crippen molar-refractivity contribution in [1.82, 2.24) is 4.90 Å². The molecule has 0 aliphatic carbocycles. The van der Waals surface area contributed by atoms with Crippen molar-refractivity contribution in [2.75, 3.05) is 13.1 Å². The molecule has 0 aromatic heterocycles. The highest BCUT2D eigenvalue weighted by Gasteiger charge is 2.22. The Morgan fingerprint density at radius 2 is 1.95 bits per heavy atom. The minimum atomic E-state index is -0.528. The first-order valence-corrected chi connectivity index (χ1v) is 6.02. The van der Waals surface area contributed by atoms with Gasteiger partial charge in [-0.05, 0) is 31.0 Å². The van der Waals surface area contributed by atoms with E-state index in [1.54, 1.807) is 23.1 Å². The summed E-state index contributed by atoms with van der Waals surface area (Å²) in [6.07, 6.45) is 1.87. The van der Waals surface area contributed by atoms with E-state index in [0.29, 0.717) is 24.2 Å². The summed E-state index contributed by atoms with van der Waals surface area (Å²) in [5.74, 6) is -0.617. The molecule has 1 saturated heterocycles. The van der Waals surface area contributed by atoms with E-state index < -0.39 is 5.91 Å². The van der Waals surface area contributed by atoms with Crippen LogP contribution in [0.1, 0.15) is 33.6 Å². The average Bonchev–Trinajstić information content (AvgIpc) is 2.38. The standard InChI is InChI=1S/C13H17N3O2.ClH/c14-11-5-2-6-16(8-11)13(18)10-4-1-3-9(7-10)12(15)17;/h1,3-4,7,11H,2,5-6,8,14H2,(H2,15,17);1H/t11-;/m1./s1. The van der Waals surface area contributed by atoms with Crippen molar-refractivity contribution in [2.45, 2.75) is 18.9 Å². The number of primary amides is 1. The summed E-state index contributed by atoms with van der Waals surface area (Å²) in [4.78, 5) is 25.1. The Morgan fingerprint density at radius 1 is 1.26 bits per heavy atom. The summed E-state index contributed by atoms with van der Waals surface area (Å²) >= 11 is 0. The number of nitrogens with two attached hydrogens (primary N) is 2. The van der Waals surface area contributed by atoms with Gasteiger partial charge in [-0.15, -0.1) is 12.4 Å². The summed E-state index contributed by atoms with van der Waals surface area (Å²) in [5.41, 5.74) is 11.9. The van der Waals surface area contributed by atoms with Crippen LogP contribution in [0.15, 0.2) is 24.3 Å². The lowest BCUT2D eigenvalue weighted by molar-refractivity contribution is 0.0709. The highest BCUT2D eigenvalue weighted by molar-refractivity contribution is 5.99. The van der Waals surface area contributed by atoms with Gasteiger partial charge >= 0.3 is 0 Å². The monoisotopic (exact) mass is 283 g/mol. The number of rotatable bonds is 2. The molecule has 0 spiro atoms. The van der Waals surface area contributed by atoms with Gasteiger partial charge in [-0.3, -0.25) is 9.59 Å². The van der Waals surface area contributed by atoms with E-state index in [1.165, 1.54) is 6.07 Å². The van der Waals surface area contributed by atoms with Crippen LogP contribution in [0.25, 0.3) is 0 Å². The van der Waals surface area contributed by atoms with Crippen molar-refractivity contribution in [1.29, 1.82) is 0 Å². The summed E-state index contributed by atoms with van der Waals surface area (Å²) in [5, 5.41) is 0. The maximum atomic E-state index is 12.2. The minimum Gasteiger partial charge on any atom is -0.366 e. The average molecular weight is 284 g/mol. The zero-order valence-corrected chi connectivity index (χ0v) is 11.4. The molecule has 2 amide bonds. The molecule has 1 fully saturated rings. The van der Waals surface area contributed by atoms with Crippen LogP contribution in [-0.2, 0) is 0 Å². The predicted octanol–water partition coefficient (Wildman–Crippen LogP) is 0.771. The fourth-order valence-corrected chi connectivity index (χ4v) is 2.18. The van der Waals surface area contributed by atoms with Gasteiger partial charge in [0, 0.05) is 30.3 Å². The molecular weight excluding hydrogens is 266 g/mol. The van der Waals surface area contributed by atoms with Gasteiger partial charge in [0.05, 0.1) is 0 Å². The number of carbonyl (C=O) groups is 2. The molecule has 1 atom stereocenters. The number of carbonyl (C=O) groups excluding carboxylic acids is 2. The van der Waals surface area contributed by atoms with E-state index in [-0.39, 0.29) is 24.4 Å². The smallest absolute Gasteiger partial charge is 0.253 e. The number of amides is 2. The van der Waals surface area contributed by atoms with E-state index in [4.69, 9.17) is 11.5 Å². The number of hydrogen-bond donors (Lipinski definition) is 2.